The Morgan fingerprint density at radius 3 is 2.70 bits per heavy atom. The van der Waals surface area contributed by atoms with E-state index in [1.165, 1.54) is 30.0 Å². The van der Waals surface area contributed by atoms with E-state index in [0.29, 0.717) is 0 Å². The van der Waals surface area contributed by atoms with Crippen molar-refractivity contribution in [2.45, 2.75) is 38.3 Å². The molecular weight excluding hydrogens is 249 g/mol. The first kappa shape index (κ1) is 13.3. The first-order valence-electron chi connectivity index (χ1n) is 7.30. The predicted molar refractivity (Wildman–Crippen MR) is 80.1 cm³/mol. The van der Waals surface area contributed by atoms with E-state index < -0.39 is 0 Å². The molecule has 20 heavy (non-hydrogen) atoms. The van der Waals surface area contributed by atoms with Gasteiger partial charge in [0.15, 0.2) is 0 Å². The van der Waals surface area contributed by atoms with Crippen molar-refractivity contribution in [3.63, 3.8) is 0 Å². The minimum Gasteiger partial charge on any atom is -0.306 e. The van der Waals surface area contributed by atoms with Crippen molar-refractivity contribution in [3.8, 4) is 0 Å². The average Bonchev–Trinajstić information content (AvgIpc) is 3.30. The van der Waals surface area contributed by atoms with Crippen molar-refractivity contribution < 1.29 is 4.39 Å². The highest BCUT2D eigenvalue weighted by Gasteiger charge is 2.23. The van der Waals surface area contributed by atoms with Gasteiger partial charge in [0.1, 0.15) is 5.82 Å². The average molecular weight is 269 g/mol. The molecule has 2 aromatic carbocycles. The maximum atomic E-state index is 13.7. The van der Waals surface area contributed by atoms with Crippen molar-refractivity contribution >= 4 is 0 Å². The summed E-state index contributed by atoms with van der Waals surface area (Å²) in [5.74, 6) is 0.637. The van der Waals surface area contributed by atoms with E-state index >= 15 is 0 Å². The second kappa shape index (κ2) is 5.76. The van der Waals surface area contributed by atoms with Crippen LogP contribution in [0.2, 0.25) is 0 Å². The van der Waals surface area contributed by atoms with Gasteiger partial charge in [-0.05, 0) is 42.9 Å². The van der Waals surface area contributed by atoms with Gasteiger partial charge in [0.05, 0.1) is 0 Å². The molecule has 3 rings (SSSR count). The van der Waals surface area contributed by atoms with Crippen molar-refractivity contribution in [1.29, 1.82) is 0 Å². The summed E-state index contributed by atoms with van der Waals surface area (Å²) in [5.41, 5.74) is 3.45. The molecule has 1 N–H and O–H groups in total. The standard InChI is InChI=1S/C18H20FN/c1-13(17-7-2-3-8-18(17)19)20-12-14-5-4-6-16(11-14)15-9-10-15/h2-8,11,13,15,20H,9-10,12H2,1H3/t13-/m1/s1. The molecule has 1 aliphatic rings. The first-order valence-corrected chi connectivity index (χ1v) is 7.30. The number of nitrogens with one attached hydrogen (secondary N) is 1. The van der Waals surface area contributed by atoms with Crippen LogP contribution in [0.1, 0.15) is 48.4 Å². The summed E-state index contributed by atoms with van der Waals surface area (Å²) in [4.78, 5) is 0. The molecule has 1 nitrogen and oxygen atoms in total. The van der Waals surface area contributed by atoms with Crippen molar-refractivity contribution in [1.82, 2.24) is 5.32 Å². The van der Waals surface area contributed by atoms with Crippen LogP contribution in [0.4, 0.5) is 4.39 Å². The Labute approximate surface area is 119 Å². The second-order valence-electron chi connectivity index (χ2n) is 5.64. The van der Waals surface area contributed by atoms with Crippen LogP contribution in [0.25, 0.3) is 0 Å². The van der Waals surface area contributed by atoms with Crippen LogP contribution in [0.15, 0.2) is 48.5 Å². The first-order chi connectivity index (χ1) is 9.74. The molecule has 0 heterocycles. The van der Waals surface area contributed by atoms with Crippen LogP contribution < -0.4 is 5.32 Å². The molecule has 1 aliphatic carbocycles. The maximum Gasteiger partial charge on any atom is 0.127 e. The number of halogens is 1. The molecule has 0 amide bonds. The summed E-state index contributed by atoms with van der Waals surface area (Å²) < 4.78 is 13.7. The van der Waals surface area contributed by atoms with Gasteiger partial charge in [0.2, 0.25) is 0 Å². The molecule has 0 unspecified atom stereocenters. The molecular formula is C18H20FN. The second-order valence-corrected chi connectivity index (χ2v) is 5.64. The molecule has 0 radical (unpaired) electrons. The molecule has 0 bridgehead atoms. The third kappa shape index (κ3) is 3.07. The van der Waals surface area contributed by atoms with Gasteiger partial charge in [-0.3, -0.25) is 0 Å². The topological polar surface area (TPSA) is 12.0 Å². The Balaban J connectivity index is 1.64. The van der Waals surface area contributed by atoms with Crippen LogP contribution >= 0.6 is 0 Å². The predicted octanol–water partition coefficient (Wildman–Crippen LogP) is 4.55. The molecule has 104 valence electrons. The van der Waals surface area contributed by atoms with E-state index in [2.05, 4.69) is 29.6 Å². The van der Waals surface area contributed by atoms with Crippen LogP contribution in [-0.2, 0) is 6.54 Å². The molecule has 0 spiro atoms. The molecule has 2 aromatic rings. The fourth-order valence-electron chi connectivity index (χ4n) is 2.58. The van der Waals surface area contributed by atoms with Crippen molar-refractivity contribution in [2.24, 2.45) is 0 Å². The monoisotopic (exact) mass is 269 g/mol. The van der Waals surface area contributed by atoms with Gasteiger partial charge in [-0.1, -0.05) is 42.5 Å². The third-order valence-electron chi connectivity index (χ3n) is 3.98. The van der Waals surface area contributed by atoms with Crippen LogP contribution in [0.3, 0.4) is 0 Å². The lowest BCUT2D eigenvalue weighted by Gasteiger charge is -2.15. The summed E-state index contributed by atoms with van der Waals surface area (Å²) in [6.07, 6.45) is 2.64. The Morgan fingerprint density at radius 2 is 1.95 bits per heavy atom. The molecule has 1 fully saturated rings. The Hall–Kier alpha value is -1.67. The fraction of sp³-hybridized carbons (Fsp3) is 0.333. The van der Waals surface area contributed by atoms with E-state index in [1.807, 2.05) is 19.1 Å². The van der Waals surface area contributed by atoms with E-state index in [0.717, 1.165) is 18.0 Å². The zero-order chi connectivity index (χ0) is 13.9. The summed E-state index contributed by atoms with van der Waals surface area (Å²) >= 11 is 0. The van der Waals surface area contributed by atoms with Crippen molar-refractivity contribution in [2.75, 3.05) is 0 Å². The lowest BCUT2D eigenvalue weighted by Crippen LogP contribution is -2.19. The number of hydrogen-bond donors (Lipinski definition) is 1. The number of rotatable bonds is 5. The zero-order valence-electron chi connectivity index (χ0n) is 11.8. The highest BCUT2D eigenvalue weighted by molar-refractivity contribution is 5.29. The van der Waals surface area contributed by atoms with E-state index in [1.54, 1.807) is 6.07 Å². The van der Waals surface area contributed by atoms with Crippen LogP contribution in [0.5, 0.6) is 0 Å². The van der Waals surface area contributed by atoms with E-state index in [4.69, 9.17) is 0 Å². The lowest BCUT2D eigenvalue weighted by atomic mass is 10.1. The summed E-state index contributed by atoms with van der Waals surface area (Å²) in [6.45, 7) is 2.78. The molecule has 0 aromatic heterocycles. The maximum absolute atomic E-state index is 13.7. The van der Waals surface area contributed by atoms with Gasteiger partial charge in [0, 0.05) is 18.2 Å². The van der Waals surface area contributed by atoms with Gasteiger partial charge in [-0.25, -0.2) is 4.39 Å². The quantitative estimate of drug-likeness (QED) is 0.839. The number of hydrogen-bond acceptors (Lipinski definition) is 1. The molecule has 1 saturated carbocycles. The third-order valence-corrected chi connectivity index (χ3v) is 3.98. The highest BCUT2D eigenvalue weighted by atomic mass is 19.1. The Kier molecular flexibility index (Phi) is 3.83. The normalized spacial score (nSPS) is 16.1. The van der Waals surface area contributed by atoms with Crippen molar-refractivity contribution in [3.05, 3.63) is 71.0 Å². The van der Waals surface area contributed by atoms with Crippen LogP contribution in [-0.4, -0.2) is 0 Å². The minimum absolute atomic E-state index is 0.0146. The summed E-state index contributed by atoms with van der Waals surface area (Å²) in [5, 5.41) is 3.40. The van der Waals surface area contributed by atoms with Gasteiger partial charge in [0.25, 0.3) is 0 Å². The molecule has 0 saturated heterocycles. The SMILES string of the molecule is C[C@@H](NCc1cccc(C2CC2)c1)c1ccccc1F. The van der Waals surface area contributed by atoms with E-state index in [9.17, 15) is 4.39 Å². The number of benzene rings is 2. The summed E-state index contributed by atoms with van der Waals surface area (Å²) in [6, 6.07) is 15.7. The van der Waals surface area contributed by atoms with Gasteiger partial charge >= 0.3 is 0 Å². The smallest absolute Gasteiger partial charge is 0.127 e. The van der Waals surface area contributed by atoms with Gasteiger partial charge < -0.3 is 5.32 Å². The lowest BCUT2D eigenvalue weighted by molar-refractivity contribution is 0.528. The highest BCUT2D eigenvalue weighted by Crippen LogP contribution is 2.40. The fourth-order valence-corrected chi connectivity index (χ4v) is 2.58. The Morgan fingerprint density at radius 1 is 1.15 bits per heavy atom. The Bertz CT molecular complexity index is 589. The van der Waals surface area contributed by atoms with Gasteiger partial charge in [-0.15, -0.1) is 0 Å². The summed E-state index contributed by atoms with van der Waals surface area (Å²) in [7, 11) is 0. The van der Waals surface area contributed by atoms with Gasteiger partial charge in [-0.2, -0.15) is 0 Å². The van der Waals surface area contributed by atoms with E-state index in [-0.39, 0.29) is 11.9 Å². The largest absolute Gasteiger partial charge is 0.306 e. The molecule has 2 heteroatoms. The van der Waals surface area contributed by atoms with Crippen LogP contribution in [0, 0.1) is 5.82 Å². The molecule has 1 atom stereocenters. The minimum atomic E-state index is -0.140. The molecule has 0 aliphatic heterocycles. The zero-order valence-corrected chi connectivity index (χ0v) is 11.8.